The largest absolute Gasteiger partial charge is 0.465 e. The Morgan fingerprint density at radius 1 is 1.31 bits per heavy atom. The van der Waals surface area contributed by atoms with Gasteiger partial charge in [-0.05, 0) is 25.0 Å². The van der Waals surface area contributed by atoms with Crippen LogP contribution in [-0.2, 0) is 19.1 Å². The molecule has 7 nitrogen and oxygen atoms in total. The van der Waals surface area contributed by atoms with Crippen LogP contribution in [0.25, 0.3) is 0 Å². The molecule has 0 spiro atoms. The SMILES string of the molecule is Cc1ccc(NCC(=O)N2CCNC(=O)C2CC(=O)OCC(C)C)cc1. The molecule has 1 saturated heterocycles. The fraction of sp³-hybridized carbons (Fsp3) is 0.526. The van der Waals surface area contributed by atoms with Crippen molar-refractivity contribution < 1.29 is 19.1 Å². The molecule has 1 fully saturated rings. The third-order valence-electron chi connectivity index (χ3n) is 4.08. The number of esters is 1. The summed E-state index contributed by atoms with van der Waals surface area (Å²) in [7, 11) is 0. The number of piperazine rings is 1. The van der Waals surface area contributed by atoms with Crippen LogP contribution in [-0.4, -0.2) is 55.0 Å². The van der Waals surface area contributed by atoms with Crippen molar-refractivity contribution in [1.82, 2.24) is 10.2 Å². The molecule has 0 saturated carbocycles. The van der Waals surface area contributed by atoms with Gasteiger partial charge in [0.05, 0.1) is 19.6 Å². The molecule has 1 aromatic carbocycles. The molecule has 1 aliphatic heterocycles. The molecule has 7 heteroatoms. The standard InChI is InChI=1S/C19H27N3O4/c1-13(2)12-26-18(24)10-16-19(25)20-8-9-22(16)17(23)11-21-15-6-4-14(3)5-7-15/h4-7,13,16,21H,8-12H2,1-3H3,(H,20,25). The van der Waals surface area contributed by atoms with Crippen LogP contribution < -0.4 is 10.6 Å². The molecule has 26 heavy (non-hydrogen) atoms. The van der Waals surface area contributed by atoms with E-state index in [1.165, 1.54) is 4.90 Å². The van der Waals surface area contributed by atoms with E-state index in [1.54, 1.807) is 0 Å². The molecule has 2 N–H and O–H groups in total. The van der Waals surface area contributed by atoms with E-state index in [4.69, 9.17) is 4.74 Å². The van der Waals surface area contributed by atoms with Crippen molar-refractivity contribution in [2.24, 2.45) is 5.92 Å². The highest BCUT2D eigenvalue weighted by molar-refractivity contribution is 5.93. The highest BCUT2D eigenvalue weighted by Gasteiger charge is 2.34. The van der Waals surface area contributed by atoms with Crippen LogP contribution in [0, 0.1) is 12.8 Å². The molecule has 0 radical (unpaired) electrons. The van der Waals surface area contributed by atoms with Crippen LogP contribution in [0.15, 0.2) is 24.3 Å². The molecule has 2 amide bonds. The number of carbonyl (C=O) groups is 3. The fourth-order valence-corrected chi connectivity index (χ4v) is 2.64. The van der Waals surface area contributed by atoms with E-state index < -0.39 is 12.0 Å². The van der Waals surface area contributed by atoms with Crippen molar-refractivity contribution in [3.05, 3.63) is 29.8 Å². The second-order valence-electron chi connectivity index (χ2n) is 6.89. The van der Waals surface area contributed by atoms with Gasteiger partial charge in [-0.15, -0.1) is 0 Å². The number of ether oxygens (including phenoxy) is 1. The summed E-state index contributed by atoms with van der Waals surface area (Å²) in [6.45, 7) is 6.99. The number of hydrogen-bond acceptors (Lipinski definition) is 5. The molecular weight excluding hydrogens is 334 g/mol. The Hall–Kier alpha value is -2.57. The highest BCUT2D eigenvalue weighted by Crippen LogP contribution is 2.13. The normalized spacial score (nSPS) is 17.0. The number of nitrogens with zero attached hydrogens (tertiary/aromatic N) is 1. The number of benzene rings is 1. The lowest BCUT2D eigenvalue weighted by Crippen LogP contribution is -2.58. The van der Waals surface area contributed by atoms with Crippen LogP contribution in [0.2, 0.25) is 0 Å². The number of carbonyl (C=O) groups excluding carboxylic acids is 3. The number of amides is 2. The first kappa shape index (κ1) is 19.8. The molecule has 1 heterocycles. The molecule has 1 atom stereocenters. The van der Waals surface area contributed by atoms with Gasteiger partial charge in [-0.25, -0.2) is 0 Å². The van der Waals surface area contributed by atoms with Crippen molar-refractivity contribution >= 4 is 23.5 Å². The first-order valence-corrected chi connectivity index (χ1v) is 8.90. The molecule has 2 rings (SSSR count). The molecular formula is C19H27N3O4. The molecule has 0 bridgehead atoms. The van der Waals surface area contributed by atoms with E-state index in [1.807, 2.05) is 45.0 Å². The summed E-state index contributed by atoms with van der Waals surface area (Å²) >= 11 is 0. The third-order valence-corrected chi connectivity index (χ3v) is 4.08. The average Bonchev–Trinajstić information content (AvgIpc) is 2.61. The molecule has 1 aromatic rings. The van der Waals surface area contributed by atoms with Gasteiger partial charge in [0, 0.05) is 18.8 Å². The Labute approximate surface area is 154 Å². The lowest BCUT2D eigenvalue weighted by atomic mass is 10.1. The molecule has 0 aromatic heterocycles. The second kappa shape index (κ2) is 9.22. The van der Waals surface area contributed by atoms with E-state index in [-0.39, 0.29) is 30.7 Å². The summed E-state index contributed by atoms with van der Waals surface area (Å²) in [6.07, 6.45) is -0.130. The Morgan fingerprint density at radius 2 is 2.00 bits per heavy atom. The Kier molecular flexibility index (Phi) is 7.00. The predicted molar refractivity (Wildman–Crippen MR) is 98.6 cm³/mol. The minimum Gasteiger partial charge on any atom is -0.465 e. The maximum atomic E-state index is 12.6. The first-order chi connectivity index (χ1) is 12.4. The van der Waals surface area contributed by atoms with E-state index >= 15 is 0 Å². The van der Waals surface area contributed by atoms with Gasteiger partial charge >= 0.3 is 5.97 Å². The Balaban J connectivity index is 1.94. The summed E-state index contributed by atoms with van der Waals surface area (Å²) in [5.41, 5.74) is 1.97. The van der Waals surface area contributed by atoms with Gasteiger partial charge in [-0.2, -0.15) is 0 Å². The summed E-state index contributed by atoms with van der Waals surface area (Å²) in [6, 6.07) is 6.87. The van der Waals surface area contributed by atoms with Crippen molar-refractivity contribution in [1.29, 1.82) is 0 Å². The smallest absolute Gasteiger partial charge is 0.308 e. The van der Waals surface area contributed by atoms with Gasteiger partial charge in [-0.1, -0.05) is 31.5 Å². The summed E-state index contributed by atoms with van der Waals surface area (Å²) in [5.74, 6) is -0.788. The van der Waals surface area contributed by atoms with E-state index in [9.17, 15) is 14.4 Å². The van der Waals surface area contributed by atoms with Crippen molar-refractivity contribution in [2.75, 3.05) is 31.6 Å². The monoisotopic (exact) mass is 361 g/mol. The number of anilines is 1. The summed E-state index contributed by atoms with van der Waals surface area (Å²) in [5, 5.41) is 5.76. The Morgan fingerprint density at radius 3 is 2.65 bits per heavy atom. The lowest BCUT2D eigenvalue weighted by Gasteiger charge is -2.34. The molecule has 0 aliphatic carbocycles. The minimum atomic E-state index is -0.823. The zero-order chi connectivity index (χ0) is 19.1. The molecule has 142 valence electrons. The number of aryl methyl sites for hydroxylation is 1. The Bertz CT molecular complexity index is 643. The third kappa shape index (κ3) is 5.75. The maximum Gasteiger partial charge on any atom is 0.308 e. The summed E-state index contributed by atoms with van der Waals surface area (Å²) < 4.78 is 5.15. The van der Waals surface area contributed by atoms with Gasteiger partial charge < -0.3 is 20.3 Å². The van der Waals surface area contributed by atoms with E-state index in [2.05, 4.69) is 10.6 Å². The van der Waals surface area contributed by atoms with Gasteiger partial charge in [0.25, 0.3) is 0 Å². The van der Waals surface area contributed by atoms with Gasteiger partial charge in [-0.3, -0.25) is 14.4 Å². The minimum absolute atomic E-state index is 0.0634. The number of hydrogen-bond donors (Lipinski definition) is 2. The molecule has 1 unspecified atom stereocenters. The highest BCUT2D eigenvalue weighted by atomic mass is 16.5. The van der Waals surface area contributed by atoms with Crippen molar-refractivity contribution in [3.8, 4) is 0 Å². The number of nitrogens with one attached hydrogen (secondary N) is 2. The topological polar surface area (TPSA) is 87.7 Å². The second-order valence-corrected chi connectivity index (χ2v) is 6.89. The van der Waals surface area contributed by atoms with Gasteiger partial charge in [0.15, 0.2) is 0 Å². The number of rotatable bonds is 7. The lowest BCUT2D eigenvalue weighted by molar-refractivity contribution is -0.152. The predicted octanol–water partition coefficient (Wildman–Crippen LogP) is 1.32. The van der Waals surface area contributed by atoms with E-state index in [0.29, 0.717) is 19.7 Å². The first-order valence-electron chi connectivity index (χ1n) is 8.90. The van der Waals surface area contributed by atoms with Crippen molar-refractivity contribution in [3.63, 3.8) is 0 Å². The van der Waals surface area contributed by atoms with Crippen molar-refractivity contribution in [2.45, 2.75) is 33.2 Å². The molecule has 1 aliphatic rings. The van der Waals surface area contributed by atoms with Gasteiger partial charge in [0.2, 0.25) is 11.8 Å². The van der Waals surface area contributed by atoms with E-state index in [0.717, 1.165) is 11.3 Å². The fourth-order valence-electron chi connectivity index (χ4n) is 2.64. The zero-order valence-electron chi connectivity index (χ0n) is 15.6. The summed E-state index contributed by atoms with van der Waals surface area (Å²) in [4.78, 5) is 38.2. The van der Waals surface area contributed by atoms with Gasteiger partial charge in [0.1, 0.15) is 6.04 Å². The van der Waals surface area contributed by atoms with Crippen LogP contribution in [0.1, 0.15) is 25.8 Å². The quantitative estimate of drug-likeness (QED) is 0.715. The average molecular weight is 361 g/mol. The van der Waals surface area contributed by atoms with Crippen LogP contribution in [0.4, 0.5) is 5.69 Å². The van der Waals surface area contributed by atoms with Crippen LogP contribution in [0.3, 0.4) is 0 Å². The van der Waals surface area contributed by atoms with Crippen LogP contribution >= 0.6 is 0 Å². The zero-order valence-corrected chi connectivity index (χ0v) is 15.6. The van der Waals surface area contributed by atoms with Crippen LogP contribution in [0.5, 0.6) is 0 Å². The maximum absolute atomic E-state index is 12.6.